The molecule has 0 aliphatic carbocycles. The normalized spacial score (nSPS) is 10.6. The highest BCUT2D eigenvalue weighted by Gasteiger charge is 2.20. The lowest BCUT2D eigenvalue weighted by Crippen LogP contribution is -2.18. The Kier molecular flexibility index (Phi) is 8.95. The molecule has 24 heavy (non-hydrogen) atoms. The molecule has 0 bridgehead atoms. The van der Waals surface area contributed by atoms with Gasteiger partial charge in [-0.2, -0.15) is 0 Å². The van der Waals surface area contributed by atoms with E-state index in [0.717, 1.165) is 12.8 Å². The molecule has 0 amide bonds. The Morgan fingerprint density at radius 3 is 2.42 bits per heavy atom. The Hall–Kier alpha value is -2.00. The maximum Gasteiger partial charge on any atom is 0.321 e. The summed E-state index contributed by atoms with van der Waals surface area (Å²) in [6.45, 7) is 4.19. The fourth-order valence-corrected chi connectivity index (χ4v) is 3.02. The van der Waals surface area contributed by atoms with Crippen molar-refractivity contribution in [3.05, 3.63) is 24.3 Å². The average molecular weight is 352 g/mol. The van der Waals surface area contributed by atoms with E-state index in [9.17, 15) is 13.2 Å². The molecule has 5 nitrogen and oxygen atoms in total. The van der Waals surface area contributed by atoms with E-state index in [1.54, 1.807) is 19.1 Å². The fourth-order valence-electron chi connectivity index (χ4n) is 1.91. The van der Waals surface area contributed by atoms with Gasteiger partial charge >= 0.3 is 5.97 Å². The van der Waals surface area contributed by atoms with E-state index < -0.39 is 21.6 Å². The summed E-state index contributed by atoms with van der Waals surface area (Å²) in [6.07, 6.45) is 4.31. The van der Waals surface area contributed by atoms with Crippen LogP contribution < -0.4 is 4.74 Å². The van der Waals surface area contributed by atoms with Crippen molar-refractivity contribution in [1.29, 1.82) is 0 Å². The third-order valence-electron chi connectivity index (χ3n) is 3.14. The second-order valence-electron chi connectivity index (χ2n) is 5.13. The lowest BCUT2D eigenvalue weighted by molar-refractivity contribution is -0.139. The maximum absolute atomic E-state index is 12.1. The van der Waals surface area contributed by atoms with Gasteiger partial charge in [0.2, 0.25) is 0 Å². The van der Waals surface area contributed by atoms with E-state index in [2.05, 4.69) is 23.5 Å². The maximum atomic E-state index is 12.1. The van der Waals surface area contributed by atoms with Crippen molar-refractivity contribution in [1.82, 2.24) is 0 Å². The molecule has 132 valence electrons. The summed E-state index contributed by atoms with van der Waals surface area (Å²) >= 11 is 0. The van der Waals surface area contributed by atoms with Gasteiger partial charge in [0, 0.05) is 6.42 Å². The summed E-state index contributed by atoms with van der Waals surface area (Å²) in [5.41, 5.74) is 0. The van der Waals surface area contributed by atoms with E-state index in [1.807, 2.05) is 0 Å². The third kappa shape index (κ3) is 7.51. The Morgan fingerprint density at radius 2 is 1.79 bits per heavy atom. The summed E-state index contributed by atoms with van der Waals surface area (Å²) in [4.78, 5) is 11.4. The molecular formula is C18H24O5S. The molecule has 0 fully saturated rings. The second-order valence-corrected chi connectivity index (χ2v) is 7.12. The lowest BCUT2D eigenvalue weighted by Gasteiger charge is -2.06. The summed E-state index contributed by atoms with van der Waals surface area (Å²) in [7, 11) is -3.69. The molecule has 1 aromatic carbocycles. The van der Waals surface area contributed by atoms with E-state index in [1.165, 1.54) is 25.0 Å². The first-order valence-corrected chi connectivity index (χ1v) is 9.71. The van der Waals surface area contributed by atoms with Crippen LogP contribution in [0.5, 0.6) is 5.75 Å². The minimum absolute atomic E-state index is 0.0635. The van der Waals surface area contributed by atoms with Crippen LogP contribution in [0, 0.1) is 11.8 Å². The molecule has 0 spiro atoms. The van der Waals surface area contributed by atoms with Gasteiger partial charge in [-0.1, -0.05) is 31.6 Å². The van der Waals surface area contributed by atoms with Crippen LogP contribution in [0.1, 0.15) is 39.5 Å². The zero-order chi connectivity index (χ0) is 17.8. The number of benzene rings is 1. The quantitative estimate of drug-likeness (QED) is 0.388. The first-order chi connectivity index (χ1) is 11.5. The van der Waals surface area contributed by atoms with Gasteiger partial charge in [0.25, 0.3) is 0 Å². The lowest BCUT2D eigenvalue weighted by atomic mass is 10.2. The summed E-state index contributed by atoms with van der Waals surface area (Å²) in [5.74, 6) is 5.08. The summed E-state index contributed by atoms with van der Waals surface area (Å²) in [5, 5.41) is 0. The highest BCUT2D eigenvalue weighted by atomic mass is 32.2. The molecule has 6 heteroatoms. The largest absolute Gasteiger partial charge is 0.481 e. The van der Waals surface area contributed by atoms with Crippen LogP contribution in [0.2, 0.25) is 0 Å². The molecule has 0 aliphatic heterocycles. The van der Waals surface area contributed by atoms with Crippen molar-refractivity contribution in [2.24, 2.45) is 0 Å². The first kappa shape index (κ1) is 20.0. The number of sulfone groups is 1. The predicted molar refractivity (Wildman–Crippen MR) is 92.5 cm³/mol. The predicted octanol–water partition coefficient (Wildman–Crippen LogP) is 2.99. The summed E-state index contributed by atoms with van der Waals surface area (Å²) in [6, 6.07) is 5.94. The number of hydrogen-bond acceptors (Lipinski definition) is 5. The Bertz CT molecular complexity index is 666. The van der Waals surface area contributed by atoms with Crippen LogP contribution in [-0.2, 0) is 19.4 Å². The average Bonchev–Trinajstić information content (AvgIpc) is 2.54. The molecule has 0 atom stereocenters. The van der Waals surface area contributed by atoms with Crippen LogP contribution in [0.25, 0.3) is 0 Å². The van der Waals surface area contributed by atoms with Crippen molar-refractivity contribution in [3.8, 4) is 17.6 Å². The zero-order valence-corrected chi connectivity index (χ0v) is 15.0. The van der Waals surface area contributed by atoms with Gasteiger partial charge in [0.05, 0.1) is 11.5 Å². The molecule has 0 radical (unpaired) electrons. The van der Waals surface area contributed by atoms with Crippen molar-refractivity contribution >= 4 is 15.8 Å². The molecule has 1 aromatic rings. The number of unbranched alkanes of at least 4 members (excludes halogenated alkanes) is 3. The van der Waals surface area contributed by atoms with Crippen LogP contribution in [0.4, 0.5) is 0 Å². The molecule has 1 rings (SSSR count). The number of carbonyl (C=O) groups excluding carboxylic acids is 1. The van der Waals surface area contributed by atoms with E-state index in [-0.39, 0.29) is 18.1 Å². The Balaban J connectivity index is 2.52. The molecule has 0 aromatic heterocycles. The highest BCUT2D eigenvalue weighted by molar-refractivity contribution is 7.92. The van der Waals surface area contributed by atoms with Gasteiger partial charge in [-0.25, -0.2) is 8.42 Å². The van der Waals surface area contributed by atoms with E-state index >= 15 is 0 Å². The molecule has 0 N–H and O–H groups in total. The van der Waals surface area contributed by atoms with Gasteiger partial charge in [0.1, 0.15) is 12.4 Å². The smallest absolute Gasteiger partial charge is 0.321 e. The minimum Gasteiger partial charge on any atom is -0.481 e. The highest BCUT2D eigenvalue weighted by Crippen LogP contribution is 2.17. The van der Waals surface area contributed by atoms with Crippen LogP contribution in [0.15, 0.2) is 29.2 Å². The number of rotatable bonds is 9. The minimum atomic E-state index is -3.69. The van der Waals surface area contributed by atoms with Gasteiger partial charge in [0.15, 0.2) is 15.6 Å². The number of esters is 1. The number of carbonyl (C=O) groups is 1. The van der Waals surface area contributed by atoms with Gasteiger partial charge in [-0.3, -0.25) is 4.79 Å². The third-order valence-corrected chi connectivity index (χ3v) is 4.74. The fraction of sp³-hybridized carbons (Fsp3) is 0.500. The van der Waals surface area contributed by atoms with E-state index in [0.29, 0.717) is 5.75 Å². The van der Waals surface area contributed by atoms with Crippen molar-refractivity contribution in [3.63, 3.8) is 0 Å². The van der Waals surface area contributed by atoms with Crippen molar-refractivity contribution in [2.45, 2.75) is 44.4 Å². The first-order valence-electron chi connectivity index (χ1n) is 8.06. The van der Waals surface area contributed by atoms with Crippen LogP contribution in [-0.4, -0.2) is 33.4 Å². The second kappa shape index (κ2) is 10.7. The van der Waals surface area contributed by atoms with Gasteiger partial charge in [-0.15, -0.1) is 0 Å². The van der Waals surface area contributed by atoms with Crippen molar-refractivity contribution < 1.29 is 22.7 Å². The Morgan fingerprint density at radius 1 is 1.08 bits per heavy atom. The van der Waals surface area contributed by atoms with Gasteiger partial charge in [-0.05, 0) is 37.6 Å². The topological polar surface area (TPSA) is 69.7 Å². The number of hydrogen-bond donors (Lipinski definition) is 0. The van der Waals surface area contributed by atoms with Crippen LogP contribution in [0.3, 0.4) is 0 Å². The molecule has 0 aliphatic rings. The molecule has 0 unspecified atom stereocenters. The molecule has 0 heterocycles. The van der Waals surface area contributed by atoms with Gasteiger partial charge < -0.3 is 9.47 Å². The SMILES string of the molecule is CCCCCC#CCOc1ccc(S(=O)(=O)CC(=O)OCC)cc1. The van der Waals surface area contributed by atoms with Crippen LogP contribution >= 0.6 is 0 Å². The zero-order valence-electron chi connectivity index (χ0n) is 14.2. The van der Waals surface area contributed by atoms with Crippen molar-refractivity contribution in [2.75, 3.05) is 19.0 Å². The van der Waals surface area contributed by atoms with E-state index in [4.69, 9.17) is 4.74 Å². The summed E-state index contributed by atoms with van der Waals surface area (Å²) < 4.78 is 34.2. The monoisotopic (exact) mass is 352 g/mol. The molecular weight excluding hydrogens is 328 g/mol. The molecule has 0 saturated carbocycles. The Labute approximate surface area is 144 Å². The molecule has 0 saturated heterocycles. The number of ether oxygens (including phenoxy) is 2. The standard InChI is InChI=1S/C18H24O5S/c1-3-5-6-7-8-9-14-23-16-10-12-17(13-11-16)24(20,21)15-18(19)22-4-2/h10-13H,3-7,14-15H2,1-2H3.